The molecule has 0 bridgehead atoms. The lowest BCUT2D eigenvalue weighted by molar-refractivity contribution is 0.195. The zero-order valence-corrected chi connectivity index (χ0v) is 17.2. The molecular weight excluding hydrogens is 348 g/mol. The molecule has 0 unspecified atom stereocenters. The van der Waals surface area contributed by atoms with Crippen LogP contribution in [0.2, 0.25) is 0 Å². The Labute approximate surface area is 158 Å². The van der Waals surface area contributed by atoms with Gasteiger partial charge in [0.25, 0.3) is 0 Å². The largest absolute Gasteiger partial charge is 0.355 e. The molecule has 0 radical (unpaired) electrons. The van der Waals surface area contributed by atoms with Gasteiger partial charge in [-0.15, -0.1) is 0 Å². The van der Waals surface area contributed by atoms with Crippen molar-refractivity contribution in [2.45, 2.75) is 38.1 Å². The second-order valence-corrected chi connectivity index (χ2v) is 9.23. The fourth-order valence-corrected chi connectivity index (χ4v) is 4.22. The number of benzene rings is 1. The molecule has 146 valence electrons. The van der Waals surface area contributed by atoms with E-state index in [1.54, 1.807) is 13.1 Å². The van der Waals surface area contributed by atoms with Crippen LogP contribution < -0.4 is 10.6 Å². The van der Waals surface area contributed by atoms with Crippen molar-refractivity contribution >= 4 is 15.8 Å². The fourth-order valence-electron chi connectivity index (χ4n) is 3.26. The number of aliphatic imine (C=N–C) groups is 1. The van der Waals surface area contributed by atoms with Crippen molar-refractivity contribution in [1.29, 1.82) is 0 Å². The maximum atomic E-state index is 11.7. The van der Waals surface area contributed by atoms with Gasteiger partial charge in [-0.05, 0) is 56.0 Å². The number of aryl methyl sites for hydroxylation is 1. The minimum Gasteiger partial charge on any atom is -0.355 e. The monoisotopic (exact) mass is 380 g/mol. The number of hydrogen-bond acceptors (Lipinski definition) is 4. The zero-order valence-electron chi connectivity index (χ0n) is 16.4. The summed E-state index contributed by atoms with van der Waals surface area (Å²) >= 11 is 0. The SMILES string of the molecule is CN=C(NCCN1CCC(C)CC1)NCc1ccc(S(C)(=O)=O)c(C)c1. The van der Waals surface area contributed by atoms with E-state index in [9.17, 15) is 8.42 Å². The maximum Gasteiger partial charge on any atom is 0.191 e. The molecule has 0 atom stereocenters. The molecule has 2 rings (SSSR count). The Morgan fingerprint density at radius 1 is 1.27 bits per heavy atom. The van der Waals surface area contributed by atoms with Gasteiger partial charge in [0.1, 0.15) is 0 Å². The van der Waals surface area contributed by atoms with Crippen molar-refractivity contribution < 1.29 is 8.42 Å². The predicted octanol–water partition coefficient (Wildman–Crippen LogP) is 1.80. The summed E-state index contributed by atoms with van der Waals surface area (Å²) in [6.07, 6.45) is 3.81. The molecule has 1 saturated heterocycles. The Balaban J connectivity index is 1.79. The van der Waals surface area contributed by atoms with E-state index in [1.807, 2.05) is 19.1 Å². The van der Waals surface area contributed by atoms with E-state index in [4.69, 9.17) is 0 Å². The van der Waals surface area contributed by atoms with Crippen molar-refractivity contribution in [3.05, 3.63) is 29.3 Å². The molecule has 6 nitrogen and oxygen atoms in total. The number of nitrogens with one attached hydrogen (secondary N) is 2. The number of rotatable bonds is 6. The summed E-state index contributed by atoms with van der Waals surface area (Å²) in [6, 6.07) is 5.43. The van der Waals surface area contributed by atoms with Crippen LogP contribution in [0.5, 0.6) is 0 Å². The lowest BCUT2D eigenvalue weighted by Gasteiger charge is -2.30. The van der Waals surface area contributed by atoms with Crippen LogP contribution in [0.25, 0.3) is 0 Å². The zero-order chi connectivity index (χ0) is 19.2. The van der Waals surface area contributed by atoms with Gasteiger partial charge in [0.05, 0.1) is 4.90 Å². The standard InChI is InChI=1S/C19H32N4O2S/c1-15-7-10-23(11-8-15)12-9-21-19(20-3)22-14-17-5-6-18(16(2)13-17)26(4,24)25/h5-6,13,15H,7-12,14H2,1-4H3,(H2,20,21,22). The van der Waals surface area contributed by atoms with E-state index in [0.29, 0.717) is 11.4 Å². The third kappa shape index (κ3) is 6.29. The van der Waals surface area contributed by atoms with Crippen molar-refractivity contribution in [3.8, 4) is 0 Å². The molecule has 0 amide bonds. The number of guanidine groups is 1. The summed E-state index contributed by atoms with van der Waals surface area (Å²) < 4.78 is 23.4. The van der Waals surface area contributed by atoms with Crippen LogP contribution in [0.1, 0.15) is 30.9 Å². The summed E-state index contributed by atoms with van der Waals surface area (Å²) in [6.45, 7) is 9.00. The van der Waals surface area contributed by atoms with Gasteiger partial charge in [-0.1, -0.05) is 19.1 Å². The molecule has 2 N–H and O–H groups in total. The molecule has 1 aromatic rings. The average Bonchev–Trinajstić information content (AvgIpc) is 2.58. The second-order valence-electron chi connectivity index (χ2n) is 7.25. The molecule has 0 aliphatic carbocycles. The highest BCUT2D eigenvalue weighted by molar-refractivity contribution is 7.90. The molecule has 7 heteroatoms. The molecule has 1 heterocycles. The smallest absolute Gasteiger partial charge is 0.191 e. The lowest BCUT2D eigenvalue weighted by Crippen LogP contribution is -2.43. The quantitative estimate of drug-likeness (QED) is 0.581. The van der Waals surface area contributed by atoms with E-state index in [1.165, 1.54) is 32.2 Å². The average molecular weight is 381 g/mol. The number of sulfone groups is 1. The normalized spacial score (nSPS) is 17.3. The van der Waals surface area contributed by atoms with Gasteiger partial charge in [0.15, 0.2) is 15.8 Å². The van der Waals surface area contributed by atoms with Crippen LogP contribution in [0.4, 0.5) is 0 Å². The first-order valence-corrected chi connectivity index (χ1v) is 11.1. The molecular formula is C19H32N4O2S. The van der Waals surface area contributed by atoms with Crippen molar-refractivity contribution in [3.63, 3.8) is 0 Å². The van der Waals surface area contributed by atoms with Crippen LogP contribution in [0, 0.1) is 12.8 Å². The van der Waals surface area contributed by atoms with Crippen LogP contribution in [-0.4, -0.2) is 58.8 Å². The number of hydrogen-bond donors (Lipinski definition) is 2. The summed E-state index contributed by atoms with van der Waals surface area (Å²) in [5.74, 6) is 1.62. The summed E-state index contributed by atoms with van der Waals surface area (Å²) in [5, 5.41) is 6.64. The summed E-state index contributed by atoms with van der Waals surface area (Å²) in [5.41, 5.74) is 1.80. The highest BCUT2D eigenvalue weighted by Gasteiger charge is 2.15. The van der Waals surface area contributed by atoms with Crippen LogP contribution >= 0.6 is 0 Å². The van der Waals surface area contributed by atoms with Gasteiger partial charge in [-0.25, -0.2) is 8.42 Å². The number of nitrogens with zero attached hydrogens (tertiary/aromatic N) is 2. The Bertz CT molecular complexity index is 723. The topological polar surface area (TPSA) is 73.8 Å². The first-order valence-electron chi connectivity index (χ1n) is 9.26. The third-order valence-corrected chi connectivity index (χ3v) is 6.18. The van der Waals surface area contributed by atoms with Crippen molar-refractivity contribution in [2.24, 2.45) is 10.9 Å². The first-order chi connectivity index (χ1) is 12.3. The second kappa shape index (κ2) is 9.37. The number of piperidine rings is 1. The van der Waals surface area contributed by atoms with Gasteiger partial charge < -0.3 is 15.5 Å². The van der Waals surface area contributed by atoms with Gasteiger partial charge >= 0.3 is 0 Å². The van der Waals surface area contributed by atoms with E-state index < -0.39 is 9.84 Å². The van der Waals surface area contributed by atoms with Crippen molar-refractivity contribution in [2.75, 3.05) is 39.5 Å². The third-order valence-electron chi connectivity index (χ3n) is 4.92. The lowest BCUT2D eigenvalue weighted by atomic mass is 9.99. The van der Waals surface area contributed by atoms with Gasteiger partial charge in [0.2, 0.25) is 0 Å². The van der Waals surface area contributed by atoms with E-state index in [2.05, 4.69) is 27.4 Å². The highest BCUT2D eigenvalue weighted by Crippen LogP contribution is 2.17. The molecule has 0 saturated carbocycles. The number of likely N-dealkylation sites (tertiary alicyclic amines) is 1. The van der Waals surface area contributed by atoms with E-state index >= 15 is 0 Å². The predicted molar refractivity (Wildman–Crippen MR) is 107 cm³/mol. The molecule has 0 aromatic heterocycles. The molecule has 1 aliphatic rings. The van der Waals surface area contributed by atoms with Gasteiger partial charge in [0, 0.05) is 32.9 Å². The van der Waals surface area contributed by atoms with Gasteiger partial charge in [-0.3, -0.25) is 4.99 Å². The minimum absolute atomic E-state index is 0.389. The van der Waals surface area contributed by atoms with E-state index in [-0.39, 0.29) is 0 Å². The Hall–Kier alpha value is -1.60. The summed E-state index contributed by atoms with van der Waals surface area (Å²) in [4.78, 5) is 7.14. The van der Waals surface area contributed by atoms with Crippen LogP contribution in [-0.2, 0) is 16.4 Å². The minimum atomic E-state index is -3.17. The first kappa shape index (κ1) is 20.7. The van der Waals surface area contributed by atoms with Gasteiger partial charge in [-0.2, -0.15) is 0 Å². The molecule has 1 fully saturated rings. The van der Waals surface area contributed by atoms with Crippen LogP contribution in [0.3, 0.4) is 0 Å². The van der Waals surface area contributed by atoms with E-state index in [0.717, 1.165) is 36.1 Å². The Kier molecular flexibility index (Phi) is 7.46. The molecule has 26 heavy (non-hydrogen) atoms. The maximum absolute atomic E-state index is 11.7. The fraction of sp³-hybridized carbons (Fsp3) is 0.632. The molecule has 0 spiro atoms. The summed E-state index contributed by atoms with van der Waals surface area (Å²) in [7, 11) is -1.41. The van der Waals surface area contributed by atoms with Crippen LogP contribution in [0.15, 0.2) is 28.1 Å². The molecule has 1 aliphatic heterocycles. The Morgan fingerprint density at radius 3 is 2.54 bits per heavy atom. The highest BCUT2D eigenvalue weighted by atomic mass is 32.2. The Morgan fingerprint density at radius 2 is 1.96 bits per heavy atom. The molecule has 1 aromatic carbocycles. The van der Waals surface area contributed by atoms with Crippen molar-refractivity contribution in [1.82, 2.24) is 15.5 Å².